The first-order valence-corrected chi connectivity index (χ1v) is 4.55. The van der Waals surface area contributed by atoms with Gasteiger partial charge in [0.25, 0.3) is 0 Å². The minimum absolute atomic E-state index is 0.142. The Kier molecular flexibility index (Phi) is 3.66. The summed E-state index contributed by atoms with van der Waals surface area (Å²) in [6, 6.07) is 2.25. The van der Waals surface area contributed by atoms with Gasteiger partial charge in [-0.3, -0.25) is 0 Å². The molecule has 0 amide bonds. The smallest absolute Gasteiger partial charge is 0.387 e. The zero-order chi connectivity index (χ0) is 10.0. The molecule has 0 saturated heterocycles. The van der Waals surface area contributed by atoms with Gasteiger partial charge in [0.15, 0.2) is 11.6 Å². The molecule has 1 aromatic rings. The first-order chi connectivity index (χ1) is 6.00. The van der Waals surface area contributed by atoms with Crippen molar-refractivity contribution in [1.29, 1.82) is 0 Å². The predicted octanol–water partition coefficient (Wildman–Crippen LogP) is 3.69. The summed E-state index contributed by atoms with van der Waals surface area (Å²) in [5.74, 6) is -1.36. The predicted molar refractivity (Wildman–Crippen MR) is 50.8 cm³/mol. The fourth-order valence-electron chi connectivity index (χ4n) is 0.731. The molecule has 0 aromatic heterocycles. The maximum Gasteiger partial charge on any atom is 0.387 e. The average molecular weight is 322 g/mol. The standard InChI is InChI=1S/C7H3ClF3IO/c8-3-1-4(9)6(5(12)2-3)13-7(10)11/h1-2,7H. The summed E-state index contributed by atoms with van der Waals surface area (Å²) in [4.78, 5) is 0. The van der Waals surface area contributed by atoms with Crippen molar-refractivity contribution in [3.05, 3.63) is 26.5 Å². The largest absolute Gasteiger partial charge is 0.431 e. The summed E-state index contributed by atoms with van der Waals surface area (Å²) < 4.78 is 40.6. The Balaban J connectivity index is 3.06. The molecule has 0 fully saturated rings. The van der Waals surface area contributed by atoms with Crippen LogP contribution in [0.5, 0.6) is 5.75 Å². The maximum absolute atomic E-state index is 12.9. The number of hydrogen-bond acceptors (Lipinski definition) is 1. The maximum atomic E-state index is 12.9. The number of halogens is 5. The minimum atomic E-state index is -3.04. The highest BCUT2D eigenvalue weighted by Crippen LogP contribution is 2.29. The molecule has 0 saturated carbocycles. The molecule has 6 heteroatoms. The molecule has 0 N–H and O–H groups in total. The van der Waals surface area contributed by atoms with E-state index in [-0.39, 0.29) is 8.59 Å². The Labute approximate surface area is 91.0 Å². The van der Waals surface area contributed by atoms with Gasteiger partial charge >= 0.3 is 6.61 Å². The summed E-state index contributed by atoms with van der Waals surface area (Å²) in [7, 11) is 0. The van der Waals surface area contributed by atoms with Crippen molar-refractivity contribution in [1.82, 2.24) is 0 Å². The third kappa shape index (κ3) is 2.91. The van der Waals surface area contributed by atoms with Crippen LogP contribution >= 0.6 is 34.2 Å². The molecule has 72 valence electrons. The Hall–Kier alpha value is -0.170. The topological polar surface area (TPSA) is 9.23 Å². The molecule has 0 aliphatic rings. The van der Waals surface area contributed by atoms with Crippen LogP contribution < -0.4 is 4.74 Å². The Morgan fingerprint density at radius 1 is 1.38 bits per heavy atom. The summed E-state index contributed by atoms with van der Waals surface area (Å²) in [6.45, 7) is -3.04. The monoisotopic (exact) mass is 322 g/mol. The van der Waals surface area contributed by atoms with Crippen molar-refractivity contribution in [2.75, 3.05) is 0 Å². The van der Waals surface area contributed by atoms with Gasteiger partial charge in [0, 0.05) is 5.02 Å². The van der Waals surface area contributed by atoms with Crippen LogP contribution in [-0.2, 0) is 0 Å². The molecule has 0 atom stereocenters. The molecule has 0 aliphatic heterocycles. The van der Waals surface area contributed by atoms with Gasteiger partial charge in [-0.15, -0.1) is 0 Å². The molecule has 0 bridgehead atoms. The van der Waals surface area contributed by atoms with E-state index in [9.17, 15) is 13.2 Å². The molecule has 0 spiro atoms. The van der Waals surface area contributed by atoms with E-state index in [2.05, 4.69) is 4.74 Å². The second-order valence-corrected chi connectivity index (χ2v) is 3.68. The van der Waals surface area contributed by atoms with E-state index in [1.165, 1.54) is 6.07 Å². The summed E-state index contributed by atoms with van der Waals surface area (Å²) >= 11 is 7.13. The number of hydrogen-bond donors (Lipinski definition) is 0. The SMILES string of the molecule is Fc1cc(Cl)cc(I)c1OC(F)F. The fraction of sp³-hybridized carbons (Fsp3) is 0.143. The molecule has 1 rings (SSSR count). The fourth-order valence-corrected chi connectivity index (χ4v) is 1.84. The zero-order valence-corrected chi connectivity index (χ0v) is 8.94. The van der Waals surface area contributed by atoms with Gasteiger partial charge in [0.2, 0.25) is 0 Å². The highest BCUT2D eigenvalue weighted by Gasteiger charge is 2.14. The Bertz CT molecular complexity index is 296. The first-order valence-electron chi connectivity index (χ1n) is 3.10. The van der Waals surface area contributed by atoms with E-state index in [1.807, 2.05) is 0 Å². The molecule has 1 nitrogen and oxygen atoms in total. The van der Waals surface area contributed by atoms with Crippen LogP contribution in [0.1, 0.15) is 0 Å². The minimum Gasteiger partial charge on any atom is -0.431 e. The van der Waals surface area contributed by atoms with Gasteiger partial charge in [-0.25, -0.2) is 4.39 Å². The third-order valence-electron chi connectivity index (χ3n) is 1.17. The highest BCUT2D eigenvalue weighted by molar-refractivity contribution is 14.1. The first kappa shape index (κ1) is 10.9. The van der Waals surface area contributed by atoms with Crippen molar-refractivity contribution in [2.24, 2.45) is 0 Å². The van der Waals surface area contributed by atoms with E-state index in [0.717, 1.165) is 6.07 Å². The number of ether oxygens (including phenoxy) is 1. The molecule has 0 unspecified atom stereocenters. The lowest BCUT2D eigenvalue weighted by atomic mass is 10.3. The summed E-state index contributed by atoms with van der Waals surface area (Å²) in [5.41, 5.74) is 0. The van der Waals surface area contributed by atoms with E-state index in [4.69, 9.17) is 11.6 Å². The molecular formula is C7H3ClF3IO. The molecule has 1 aromatic carbocycles. The zero-order valence-electron chi connectivity index (χ0n) is 6.03. The molecule has 13 heavy (non-hydrogen) atoms. The second-order valence-electron chi connectivity index (χ2n) is 2.08. The van der Waals surface area contributed by atoms with Crippen LogP contribution in [-0.4, -0.2) is 6.61 Å². The van der Waals surface area contributed by atoms with Gasteiger partial charge in [-0.2, -0.15) is 8.78 Å². The van der Waals surface area contributed by atoms with Crippen molar-refractivity contribution in [2.45, 2.75) is 6.61 Å². The lowest BCUT2D eigenvalue weighted by molar-refractivity contribution is -0.0527. The Morgan fingerprint density at radius 2 is 2.00 bits per heavy atom. The van der Waals surface area contributed by atoms with E-state index in [0.29, 0.717) is 0 Å². The van der Waals surface area contributed by atoms with Gasteiger partial charge in [-0.1, -0.05) is 11.6 Å². The number of rotatable bonds is 2. The highest BCUT2D eigenvalue weighted by atomic mass is 127. The van der Waals surface area contributed by atoms with Gasteiger partial charge in [0.05, 0.1) is 3.57 Å². The van der Waals surface area contributed by atoms with Crippen LogP contribution in [0.25, 0.3) is 0 Å². The van der Waals surface area contributed by atoms with Crippen molar-refractivity contribution in [3.8, 4) is 5.75 Å². The molecule has 0 aliphatic carbocycles. The van der Waals surface area contributed by atoms with E-state index >= 15 is 0 Å². The molecule has 0 radical (unpaired) electrons. The van der Waals surface area contributed by atoms with Gasteiger partial charge in [0.1, 0.15) is 0 Å². The van der Waals surface area contributed by atoms with Crippen LogP contribution in [0.4, 0.5) is 13.2 Å². The van der Waals surface area contributed by atoms with Crippen molar-refractivity contribution < 1.29 is 17.9 Å². The van der Waals surface area contributed by atoms with Crippen LogP contribution in [0, 0.1) is 9.39 Å². The van der Waals surface area contributed by atoms with Crippen molar-refractivity contribution in [3.63, 3.8) is 0 Å². The molecule has 0 heterocycles. The second kappa shape index (κ2) is 4.36. The average Bonchev–Trinajstić information content (AvgIpc) is 1.96. The number of alkyl halides is 2. The van der Waals surface area contributed by atoms with E-state index < -0.39 is 18.2 Å². The van der Waals surface area contributed by atoms with E-state index in [1.54, 1.807) is 22.6 Å². The van der Waals surface area contributed by atoms with Crippen molar-refractivity contribution >= 4 is 34.2 Å². The number of benzene rings is 1. The van der Waals surface area contributed by atoms with Gasteiger partial charge in [-0.05, 0) is 34.7 Å². The molecular weight excluding hydrogens is 319 g/mol. The van der Waals surface area contributed by atoms with Crippen LogP contribution in [0.3, 0.4) is 0 Å². The lowest BCUT2D eigenvalue weighted by Gasteiger charge is -2.07. The quantitative estimate of drug-likeness (QED) is 0.755. The van der Waals surface area contributed by atoms with Crippen LogP contribution in [0.15, 0.2) is 12.1 Å². The van der Waals surface area contributed by atoms with Gasteiger partial charge < -0.3 is 4.74 Å². The van der Waals surface area contributed by atoms with Crippen LogP contribution in [0.2, 0.25) is 5.02 Å². The Morgan fingerprint density at radius 3 is 2.46 bits per heavy atom. The third-order valence-corrected chi connectivity index (χ3v) is 2.19. The lowest BCUT2D eigenvalue weighted by Crippen LogP contribution is -2.05. The summed E-state index contributed by atoms with van der Waals surface area (Å²) in [6.07, 6.45) is 0. The summed E-state index contributed by atoms with van der Waals surface area (Å²) in [5, 5.41) is 0.142. The normalized spacial score (nSPS) is 10.6.